The molecule has 0 unspecified atom stereocenters. The van der Waals surface area contributed by atoms with Crippen LogP contribution in [-0.2, 0) is 32.8 Å². The van der Waals surface area contributed by atoms with E-state index < -0.39 is 19.2 Å². The van der Waals surface area contributed by atoms with Crippen LogP contribution in [0, 0.1) is 0 Å². The normalized spacial score (nSPS) is 19.9. The largest absolute Gasteiger partial charge is 0.807 e. The van der Waals surface area contributed by atoms with Crippen molar-refractivity contribution in [2.45, 2.75) is 32.1 Å². The van der Waals surface area contributed by atoms with Crippen molar-refractivity contribution in [3.05, 3.63) is 57.4 Å². The predicted molar refractivity (Wildman–Crippen MR) is 102 cm³/mol. The Labute approximate surface area is 169 Å². The summed E-state index contributed by atoms with van der Waals surface area (Å²) in [6.45, 7) is 1.60. The van der Waals surface area contributed by atoms with Crippen LogP contribution < -0.4 is 20.7 Å². The van der Waals surface area contributed by atoms with Crippen LogP contribution in [0.4, 0.5) is 0 Å². The van der Waals surface area contributed by atoms with E-state index >= 15 is 0 Å². The number of nitrogens with zero attached hydrogens (tertiary/aromatic N) is 2. The van der Waals surface area contributed by atoms with Crippen molar-refractivity contribution in [1.82, 2.24) is 9.55 Å². The Morgan fingerprint density at radius 1 is 1.27 bits per heavy atom. The van der Waals surface area contributed by atoms with Gasteiger partial charge < -0.3 is 28.8 Å². The predicted octanol–water partition coefficient (Wildman–Crippen LogP) is -0.381. The van der Waals surface area contributed by atoms with Gasteiger partial charge in [0.25, 0.3) is 5.56 Å². The number of pyridine rings is 2. The third kappa shape index (κ3) is 2.53. The highest BCUT2D eigenvalue weighted by molar-refractivity contribution is 7.57. The zero-order valence-corrected chi connectivity index (χ0v) is 16.6. The maximum absolute atomic E-state index is 13.1. The van der Waals surface area contributed by atoms with Crippen LogP contribution in [0.1, 0.15) is 30.0 Å². The number of carbonyl (C=O) groups excluding carboxylic acids is 1. The van der Waals surface area contributed by atoms with Gasteiger partial charge in [0.1, 0.15) is 6.61 Å². The topological polar surface area (TPSA) is 145 Å². The fraction of sp³-hybridized carbons (Fsp3) is 0.250. The van der Waals surface area contributed by atoms with Crippen molar-refractivity contribution in [2.24, 2.45) is 0 Å². The standard InChI is InChI=1S/C20H17N2O7P/c1-2-20(25)14-7-16-17-11(8-22(16)18(23)13(14)9-29-19(20)24)5-10-6-12(30(26,27)28)3-4-15(10)21-17/h3-7,25H,2,8-9H2,1H3,(H2,26,27,28)/p-2/t20-/m0/s1. The average Bonchev–Trinajstić information content (AvgIpc) is 3.06. The number of ether oxygens (including phenoxy) is 1. The van der Waals surface area contributed by atoms with E-state index in [0.717, 1.165) is 0 Å². The first-order valence-electron chi connectivity index (χ1n) is 9.27. The molecule has 0 saturated carbocycles. The third-order valence-electron chi connectivity index (χ3n) is 5.81. The second kappa shape index (κ2) is 6.09. The number of aromatic nitrogens is 2. The van der Waals surface area contributed by atoms with Gasteiger partial charge in [0, 0.05) is 16.5 Å². The summed E-state index contributed by atoms with van der Waals surface area (Å²) >= 11 is 0. The van der Waals surface area contributed by atoms with E-state index in [2.05, 4.69) is 4.98 Å². The number of benzene rings is 1. The second-order valence-corrected chi connectivity index (χ2v) is 8.98. The lowest BCUT2D eigenvalue weighted by molar-refractivity contribution is -0.307. The van der Waals surface area contributed by atoms with E-state index in [1.54, 1.807) is 19.1 Å². The number of rotatable bonds is 2. The Morgan fingerprint density at radius 2 is 2.03 bits per heavy atom. The van der Waals surface area contributed by atoms with Crippen LogP contribution in [0.25, 0.3) is 22.3 Å². The molecule has 30 heavy (non-hydrogen) atoms. The summed E-state index contributed by atoms with van der Waals surface area (Å²) in [5.74, 6) is -0.793. The molecule has 0 radical (unpaired) electrons. The van der Waals surface area contributed by atoms with E-state index in [0.29, 0.717) is 27.9 Å². The molecule has 0 fully saturated rings. The molecular formula is C20H15N2O7P-2. The van der Waals surface area contributed by atoms with Gasteiger partial charge in [0.2, 0.25) is 0 Å². The Balaban J connectivity index is 1.74. The van der Waals surface area contributed by atoms with E-state index in [-0.39, 0.29) is 41.6 Å². The first kappa shape index (κ1) is 19.1. The van der Waals surface area contributed by atoms with Gasteiger partial charge >= 0.3 is 5.97 Å². The number of carbonyl (C=O) groups is 1. The molecule has 0 amide bonds. The lowest BCUT2D eigenvalue weighted by Crippen LogP contribution is -2.44. The van der Waals surface area contributed by atoms with E-state index in [1.807, 2.05) is 0 Å². The first-order chi connectivity index (χ1) is 14.1. The zero-order chi connectivity index (χ0) is 21.4. The summed E-state index contributed by atoms with van der Waals surface area (Å²) in [4.78, 5) is 52.5. The second-order valence-electron chi connectivity index (χ2n) is 7.47. The molecule has 0 saturated heterocycles. The molecule has 154 valence electrons. The zero-order valence-electron chi connectivity index (χ0n) is 15.7. The van der Waals surface area contributed by atoms with Crippen molar-refractivity contribution < 1.29 is 29.0 Å². The van der Waals surface area contributed by atoms with Crippen molar-refractivity contribution >= 4 is 29.8 Å². The Kier molecular flexibility index (Phi) is 3.88. The molecule has 0 bridgehead atoms. The highest BCUT2D eigenvalue weighted by Crippen LogP contribution is 2.38. The number of hydrogen-bond donors (Lipinski definition) is 1. The summed E-state index contributed by atoms with van der Waals surface area (Å²) in [6, 6.07) is 7.19. The molecule has 9 nitrogen and oxygen atoms in total. The Hall–Kier alpha value is -2.84. The first-order valence-corrected chi connectivity index (χ1v) is 10.8. The Bertz CT molecular complexity index is 1370. The van der Waals surface area contributed by atoms with Gasteiger partial charge in [0.05, 0.1) is 29.0 Å². The minimum atomic E-state index is -4.90. The van der Waals surface area contributed by atoms with Crippen molar-refractivity contribution in [1.29, 1.82) is 0 Å². The molecular weight excluding hydrogens is 411 g/mol. The molecule has 2 aliphatic rings. The molecule has 10 heteroatoms. The SMILES string of the molecule is CC[C@@]1(O)C(=O)OCc2c1cc1n(c2=O)Cc2cc3cc(P(=O)([O-])[O-])ccc3nc2-1. The van der Waals surface area contributed by atoms with Crippen LogP contribution >= 0.6 is 7.60 Å². The van der Waals surface area contributed by atoms with Crippen LogP contribution in [0.5, 0.6) is 0 Å². The molecule has 0 aliphatic carbocycles. The molecule has 1 N–H and O–H groups in total. The summed E-state index contributed by atoms with van der Waals surface area (Å²) < 4.78 is 17.9. The van der Waals surface area contributed by atoms with E-state index in [4.69, 9.17) is 4.74 Å². The van der Waals surface area contributed by atoms with Crippen molar-refractivity contribution in [3.8, 4) is 11.4 Å². The molecule has 1 aromatic carbocycles. The highest BCUT2D eigenvalue weighted by atomic mass is 31.2. The fourth-order valence-corrected chi connectivity index (χ4v) is 4.70. The summed E-state index contributed by atoms with van der Waals surface area (Å²) in [7, 11) is -4.90. The maximum Gasteiger partial charge on any atom is 0.343 e. The quantitative estimate of drug-likeness (QED) is 0.337. The number of esters is 1. The minimum Gasteiger partial charge on any atom is -0.807 e. The number of hydrogen-bond acceptors (Lipinski definition) is 8. The van der Waals surface area contributed by atoms with Gasteiger partial charge in [-0.05, 0) is 43.6 Å². The van der Waals surface area contributed by atoms with E-state index in [1.165, 1.54) is 22.8 Å². The highest BCUT2D eigenvalue weighted by Gasteiger charge is 2.45. The van der Waals surface area contributed by atoms with Crippen LogP contribution in [0.2, 0.25) is 0 Å². The number of aliphatic hydroxyl groups is 1. The smallest absolute Gasteiger partial charge is 0.343 e. The fourth-order valence-electron chi connectivity index (χ4n) is 4.14. The summed E-state index contributed by atoms with van der Waals surface area (Å²) in [5.41, 5.74) is 0.239. The Morgan fingerprint density at radius 3 is 2.73 bits per heavy atom. The van der Waals surface area contributed by atoms with Gasteiger partial charge in [-0.3, -0.25) is 4.79 Å². The van der Waals surface area contributed by atoms with Crippen LogP contribution in [0.3, 0.4) is 0 Å². The van der Waals surface area contributed by atoms with Gasteiger partial charge in [-0.25, -0.2) is 9.78 Å². The van der Waals surface area contributed by atoms with Gasteiger partial charge in [-0.2, -0.15) is 0 Å². The molecule has 5 rings (SSSR count). The molecule has 0 spiro atoms. The molecule has 3 aromatic rings. The molecule has 4 heterocycles. The van der Waals surface area contributed by atoms with Gasteiger partial charge in [0.15, 0.2) is 5.60 Å². The van der Waals surface area contributed by atoms with E-state index in [9.17, 15) is 29.0 Å². The number of fused-ring (bicyclic) bond motifs is 5. The monoisotopic (exact) mass is 426 g/mol. The number of cyclic esters (lactones) is 1. The molecule has 2 aliphatic heterocycles. The maximum atomic E-state index is 13.1. The molecule has 2 aromatic heterocycles. The minimum absolute atomic E-state index is 0.0486. The lowest BCUT2D eigenvalue weighted by Gasteiger charge is -2.31. The summed E-state index contributed by atoms with van der Waals surface area (Å²) in [5, 5.41) is 11.0. The van der Waals surface area contributed by atoms with Gasteiger partial charge in [-0.1, -0.05) is 13.0 Å². The summed E-state index contributed by atoms with van der Waals surface area (Å²) in [6.07, 6.45) is 0.0486. The van der Waals surface area contributed by atoms with Crippen molar-refractivity contribution in [2.75, 3.05) is 0 Å². The lowest BCUT2D eigenvalue weighted by atomic mass is 9.86. The van der Waals surface area contributed by atoms with Crippen LogP contribution in [0.15, 0.2) is 35.1 Å². The van der Waals surface area contributed by atoms with Gasteiger partial charge in [-0.15, -0.1) is 0 Å². The average molecular weight is 426 g/mol. The third-order valence-corrected chi connectivity index (χ3v) is 6.72. The van der Waals surface area contributed by atoms with Crippen molar-refractivity contribution in [3.63, 3.8) is 0 Å². The molecule has 1 atom stereocenters. The van der Waals surface area contributed by atoms with Crippen LogP contribution in [-0.4, -0.2) is 20.6 Å².